The molecule has 0 bridgehead atoms. The maximum atomic E-state index is 14.1. The summed E-state index contributed by atoms with van der Waals surface area (Å²) in [5, 5.41) is 4.17. The highest BCUT2D eigenvalue weighted by Gasteiger charge is 2.43. The molecule has 3 aliphatic heterocycles. The van der Waals surface area contributed by atoms with Gasteiger partial charge in [-0.15, -0.1) is 11.8 Å². The molecule has 0 radical (unpaired) electrons. The van der Waals surface area contributed by atoms with Crippen molar-refractivity contribution in [3.05, 3.63) is 29.3 Å². The molecular formula is C18H19F2N3O3S. The number of piperidine rings is 2. The lowest BCUT2D eigenvalue weighted by molar-refractivity contribution is -0.136. The van der Waals surface area contributed by atoms with Gasteiger partial charge >= 0.3 is 0 Å². The molecule has 0 aliphatic carbocycles. The zero-order valence-corrected chi connectivity index (χ0v) is 15.3. The predicted molar refractivity (Wildman–Crippen MR) is 94.6 cm³/mol. The molecule has 3 aliphatic rings. The number of thioether (sulfide) groups is 1. The summed E-state index contributed by atoms with van der Waals surface area (Å²) in [7, 11) is 0. The van der Waals surface area contributed by atoms with Crippen LogP contribution in [-0.2, 0) is 16.1 Å². The van der Waals surface area contributed by atoms with Crippen LogP contribution in [0.1, 0.15) is 35.2 Å². The number of halogens is 2. The molecule has 3 heterocycles. The van der Waals surface area contributed by atoms with Crippen LogP contribution in [0.3, 0.4) is 0 Å². The molecule has 144 valence electrons. The molecule has 2 atom stereocenters. The van der Waals surface area contributed by atoms with Gasteiger partial charge in [0.15, 0.2) is 0 Å². The van der Waals surface area contributed by atoms with Crippen molar-refractivity contribution in [3.63, 3.8) is 0 Å². The summed E-state index contributed by atoms with van der Waals surface area (Å²) < 4.78 is 28.1. The van der Waals surface area contributed by atoms with Gasteiger partial charge in [0, 0.05) is 23.4 Å². The van der Waals surface area contributed by atoms with Gasteiger partial charge in [-0.05, 0) is 43.1 Å². The first kappa shape index (κ1) is 18.4. The van der Waals surface area contributed by atoms with Crippen LogP contribution in [0.25, 0.3) is 0 Å². The third-order valence-electron chi connectivity index (χ3n) is 5.19. The molecule has 2 fully saturated rings. The van der Waals surface area contributed by atoms with Gasteiger partial charge in [-0.3, -0.25) is 19.7 Å². The van der Waals surface area contributed by atoms with Crippen molar-refractivity contribution in [3.8, 4) is 0 Å². The van der Waals surface area contributed by atoms with E-state index >= 15 is 0 Å². The fourth-order valence-electron chi connectivity index (χ4n) is 3.75. The van der Waals surface area contributed by atoms with Crippen molar-refractivity contribution in [1.29, 1.82) is 0 Å². The fraction of sp³-hybridized carbons (Fsp3) is 0.500. The number of fused-ring (bicyclic) bond motifs is 1. The van der Waals surface area contributed by atoms with Crippen LogP contribution in [0.4, 0.5) is 8.78 Å². The minimum Gasteiger partial charge on any atom is -0.322 e. The van der Waals surface area contributed by atoms with Crippen molar-refractivity contribution < 1.29 is 23.2 Å². The SMILES string of the molecule is O=C1CCC(N2Cc3cc(SC4CCNCC4(F)F)ccc3C2=O)C(=O)N1. The first-order valence-corrected chi connectivity index (χ1v) is 9.76. The Morgan fingerprint density at radius 3 is 2.74 bits per heavy atom. The second kappa shape index (κ2) is 6.87. The number of hydrogen-bond acceptors (Lipinski definition) is 5. The van der Waals surface area contributed by atoms with Crippen molar-refractivity contribution in [1.82, 2.24) is 15.5 Å². The Kier molecular flexibility index (Phi) is 4.67. The molecule has 1 aromatic carbocycles. The Balaban J connectivity index is 1.51. The van der Waals surface area contributed by atoms with Gasteiger partial charge in [0.05, 0.1) is 11.8 Å². The monoisotopic (exact) mass is 395 g/mol. The zero-order chi connectivity index (χ0) is 19.2. The van der Waals surface area contributed by atoms with Gasteiger partial charge in [-0.25, -0.2) is 8.78 Å². The molecule has 0 saturated carbocycles. The lowest BCUT2D eigenvalue weighted by Gasteiger charge is -2.31. The maximum absolute atomic E-state index is 14.1. The van der Waals surface area contributed by atoms with Crippen LogP contribution < -0.4 is 10.6 Å². The van der Waals surface area contributed by atoms with Crippen LogP contribution in [0.2, 0.25) is 0 Å². The quantitative estimate of drug-likeness (QED) is 0.759. The van der Waals surface area contributed by atoms with E-state index in [0.717, 1.165) is 17.3 Å². The molecule has 2 N–H and O–H groups in total. The molecule has 3 amide bonds. The Morgan fingerprint density at radius 2 is 2.00 bits per heavy atom. The second-order valence-corrected chi connectivity index (χ2v) is 8.33. The number of amides is 3. The van der Waals surface area contributed by atoms with Gasteiger partial charge in [-0.2, -0.15) is 0 Å². The third kappa shape index (κ3) is 3.45. The van der Waals surface area contributed by atoms with E-state index in [1.807, 2.05) is 0 Å². The summed E-state index contributed by atoms with van der Waals surface area (Å²) in [6, 6.07) is 4.42. The summed E-state index contributed by atoms with van der Waals surface area (Å²) in [6.07, 6.45) is 0.867. The van der Waals surface area contributed by atoms with Crippen molar-refractivity contribution in [2.75, 3.05) is 13.1 Å². The number of benzene rings is 1. The lowest BCUT2D eigenvalue weighted by Crippen LogP contribution is -2.52. The summed E-state index contributed by atoms with van der Waals surface area (Å²) in [5.41, 5.74) is 1.22. The molecule has 2 saturated heterocycles. The fourth-order valence-corrected chi connectivity index (χ4v) is 4.92. The van der Waals surface area contributed by atoms with Crippen LogP contribution in [0, 0.1) is 0 Å². The van der Waals surface area contributed by atoms with E-state index in [4.69, 9.17) is 0 Å². The zero-order valence-electron chi connectivity index (χ0n) is 14.5. The van der Waals surface area contributed by atoms with Gasteiger partial charge in [-0.1, -0.05) is 0 Å². The van der Waals surface area contributed by atoms with E-state index in [9.17, 15) is 23.2 Å². The number of carbonyl (C=O) groups is 3. The van der Waals surface area contributed by atoms with Crippen molar-refractivity contribution in [2.24, 2.45) is 0 Å². The Bertz CT molecular complexity index is 817. The van der Waals surface area contributed by atoms with Crippen LogP contribution >= 0.6 is 11.8 Å². The smallest absolute Gasteiger partial charge is 0.272 e. The summed E-state index contributed by atoms with van der Waals surface area (Å²) in [6.45, 7) is 0.481. The van der Waals surface area contributed by atoms with Crippen LogP contribution in [0.5, 0.6) is 0 Å². The van der Waals surface area contributed by atoms with E-state index in [1.54, 1.807) is 18.2 Å². The topological polar surface area (TPSA) is 78.5 Å². The number of rotatable bonds is 3. The molecule has 6 nitrogen and oxygen atoms in total. The number of imide groups is 1. The van der Waals surface area contributed by atoms with Gasteiger partial charge in [0.1, 0.15) is 6.04 Å². The van der Waals surface area contributed by atoms with Gasteiger partial charge in [0.25, 0.3) is 11.8 Å². The maximum Gasteiger partial charge on any atom is 0.272 e. The predicted octanol–water partition coefficient (Wildman–Crippen LogP) is 1.54. The van der Waals surface area contributed by atoms with Gasteiger partial charge < -0.3 is 10.2 Å². The van der Waals surface area contributed by atoms with E-state index in [-0.39, 0.29) is 31.3 Å². The number of alkyl halides is 2. The number of nitrogens with zero attached hydrogens (tertiary/aromatic N) is 1. The lowest BCUT2D eigenvalue weighted by atomic mass is 10.0. The highest BCUT2D eigenvalue weighted by molar-refractivity contribution is 8.00. The van der Waals surface area contributed by atoms with E-state index in [1.165, 1.54) is 4.90 Å². The molecule has 27 heavy (non-hydrogen) atoms. The average molecular weight is 395 g/mol. The number of nitrogens with one attached hydrogen (secondary N) is 2. The standard InChI is InChI=1S/C18H19F2N3O3S/c19-18(20)9-21-6-5-14(18)27-11-1-2-12-10(7-11)8-23(17(12)26)13-3-4-15(24)22-16(13)25/h1-2,7,13-14,21H,3-6,8-9H2,(H,22,24,25). The van der Waals surface area contributed by atoms with Crippen molar-refractivity contribution in [2.45, 2.75) is 47.9 Å². The van der Waals surface area contributed by atoms with E-state index < -0.39 is 23.1 Å². The number of hydrogen-bond donors (Lipinski definition) is 2. The summed E-state index contributed by atoms with van der Waals surface area (Å²) in [4.78, 5) is 38.2. The normalized spacial score (nSPS) is 27.5. The largest absolute Gasteiger partial charge is 0.322 e. The summed E-state index contributed by atoms with van der Waals surface area (Å²) in [5.74, 6) is -3.84. The first-order valence-electron chi connectivity index (χ1n) is 8.88. The molecule has 4 rings (SSSR count). The molecule has 0 aromatic heterocycles. The Hall–Kier alpha value is -2.00. The molecular weight excluding hydrogens is 376 g/mol. The first-order chi connectivity index (χ1) is 12.8. The molecule has 0 spiro atoms. The Morgan fingerprint density at radius 1 is 1.19 bits per heavy atom. The highest BCUT2D eigenvalue weighted by atomic mass is 32.2. The van der Waals surface area contributed by atoms with Crippen molar-refractivity contribution >= 4 is 29.5 Å². The summed E-state index contributed by atoms with van der Waals surface area (Å²) >= 11 is 1.13. The molecule has 2 unspecified atom stereocenters. The average Bonchev–Trinajstić information content (AvgIpc) is 2.93. The van der Waals surface area contributed by atoms with Crippen LogP contribution in [0.15, 0.2) is 23.1 Å². The number of carbonyl (C=O) groups excluding carboxylic acids is 3. The van der Waals surface area contributed by atoms with E-state index in [0.29, 0.717) is 29.8 Å². The minimum absolute atomic E-state index is 0.197. The van der Waals surface area contributed by atoms with E-state index in [2.05, 4.69) is 10.6 Å². The molecule has 9 heteroatoms. The third-order valence-corrected chi connectivity index (χ3v) is 6.58. The Labute approximate surface area is 159 Å². The van der Waals surface area contributed by atoms with Gasteiger partial charge in [0.2, 0.25) is 11.8 Å². The minimum atomic E-state index is -2.78. The highest BCUT2D eigenvalue weighted by Crippen LogP contribution is 2.39. The second-order valence-electron chi connectivity index (χ2n) is 7.05. The van der Waals surface area contributed by atoms with Crippen LogP contribution in [-0.4, -0.2) is 52.9 Å². The molecule has 1 aromatic rings.